The maximum atomic E-state index is 10.5. The van der Waals surface area contributed by atoms with Crippen LogP contribution in [-0.2, 0) is 17.6 Å². The normalized spacial score (nSPS) is 26.6. The molecule has 0 bridgehead atoms. The number of nitrogens with zero attached hydrogens (tertiary/aromatic N) is 3. The third-order valence-corrected chi connectivity index (χ3v) is 5.95. The Balaban J connectivity index is 1.98. The van der Waals surface area contributed by atoms with Gasteiger partial charge in [0, 0.05) is 29.2 Å². The van der Waals surface area contributed by atoms with Crippen molar-refractivity contribution >= 4 is 12.2 Å². The zero-order valence-corrected chi connectivity index (χ0v) is 16.0. The molecule has 0 radical (unpaired) electrons. The monoisotopic (exact) mass is 399 g/mol. The zero-order valence-electron chi connectivity index (χ0n) is 15.2. The Morgan fingerprint density at radius 3 is 2.71 bits per heavy atom. The molecule has 0 aromatic carbocycles. The molecule has 1 saturated heterocycles. The number of aromatic nitrogens is 2. The molecule has 0 saturated carbocycles. The highest BCUT2D eigenvalue weighted by Gasteiger charge is 2.44. The Morgan fingerprint density at radius 1 is 1.29 bits per heavy atom. The first-order valence-corrected chi connectivity index (χ1v) is 9.72. The fraction of sp³-hybridized carbons (Fsp3) is 0.450. The Hall–Kier alpha value is -2.15. The molecule has 2 aliphatic rings. The first-order valence-electron chi connectivity index (χ1n) is 9.31. The van der Waals surface area contributed by atoms with Crippen LogP contribution in [-0.4, -0.2) is 49.8 Å². The number of hydrogen-bond acceptors (Lipinski definition) is 7. The molecule has 7 nitrogen and oxygen atoms in total. The molecular weight excluding hydrogens is 378 g/mol. The van der Waals surface area contributed by atoms with Crippen LogP contribution in [0.15, 0.2) is 24.5 Å². The molecule has 2 aromatic rings. The SMILES string of the molecule is N#Cc1c(-c2cccnc2)c2c(n(C3O[C@H](CO)[C@@H](O)[C@H]3O)c1=S)CCCC2. The minimum atomic E-state index is -1.24. The van der Waals surface area contributed by atoms with E-state index in [0.29, 0.717) is 5.56 Å². The van der Waals surface area contributed by atoms with Crippen LogP contribution in [0, 0.1) is 16.0 Å². The van der Waals surface area contributed by atoms with Crippen LogP contribution >= 0.6 is 12.2 Å². The van der Waals surface area contributed by atoms with Crippen molar-refractivity contribution in [2.75, 3.05) is 6.61 Å². The Bertz CT molecular complexity index is 986. The summed E-state index contributed by atoms with van der Waals surface area (Å²) in [5.74, 6) is 0. The Kier molecular flexibility index (Phi) is 5.27. The van der Waals surface area contributed by atoms with Gasteiger partial charge in [-0.25, -0.2) is 0 Å². The topological polar surface area (TPSA) is 112 Å². The van der Waals surface area contributed by atoms with Crippen molar-refractivity contribution in [3.05, 3.63) is 46.0 Å². The van der Waals surface area contributed by atoms with E-state index in [1.165, 1.54) is 0 Å². The molecular formula is C20H21N3O4S. The van der Waals surface area contributed by atoms with Crippen molar-refractivity contribution < 1.29 is 20.1 Å². The number of aliphatic hydroxyl groups excluding tert-OH is 3. The van der Waals surface area contributed by atoms with E-state index in [4.69, 9.17) is 17.0 Å². The largest absolute Gasteiger partial charge is 0.394 e. The smallest absolute Gasteiger partial charge is 0.164 e. The molecule has 3 N–H and O–H groups in total. The molecule has 0 spiro atoms. The van der Waals surface area contributed by atoms with Crippen LogP contribution in [0.1, 0.15) is 35.9 Å². The van der Waals surface area contributed by atoms with Crippen molar-refractivity contribution in [2.45, 2.75) is 50.2 Å². The maximum Gasteiger partial charge on any atom is 0.164 e. The third kappa shape index (κ3) is 2.96. The molecule has 8 heteroatoms. The second kappa shape index (κ2) is 7.70. The lowest BCUT2D eigenvalue weighted by Gasteiger charge is -2.30. The molecule has 3 heterocycles. The van der Waals surface area contributed by atoms with E-state index >= 15 is 0 Å². The number of nitriles is 1. The predicted octanol–water partition coefficient (Wildman–Crippen LogP) is 1.64. The lowest BCUT2D eigenvalue weighted by atomic mass is 9.87. The fourth-order valence-corrected chi connectivity index (χ4v) is 4.58. The molecule has 1 aliphatic heterocycles. The summed E-state index contributed by atoms with van der Waals surface area (Å²) < 4.78 is 7.67. The zero-order chi connectivity index (χ0) is 19.8. The lowest BCUT2D eigenvalue weighted by molar-refractivity contribution is -0.0550. The molecule has 4 atom stereocenters. The van der Waals surface area contributed by atoms with Gasteiger partial charge in [-0.15, -0.1) is 0 Å². The second-order valence-corrected chi connectivity index (χ2v) is 7.53. The van der Waals surface area contributed by atoms with Gasteiger partial charge < -0.3 is 24.6 Å². The van der Waals surface area contributed by atoms with Crippen LogP contribution in [0.5, 0.6) is 0 Å². The van der Waals surface area contributed by atoms with Crippen molar-refractivity contribution in [3.8, 4) is 17.2 Å². The Labute approximate surface area is 167 Å². The van der Waals surface area contributed by atoms with Crippen LogP contribution in [0.2, 0.25) is 0 Å². The van der Waals surface area contributed by atoms with Gasteiger partial charge in [-0.2, -0.15) is 5.26 Å². The average Bonchev–Trinajstić information content (AvgIpc) is 3.01. The molecule has 2 aromatic heterocycles. The molecule has 146 valence electrons. The number of pyridine rings is 2. The minimum Gasteiger partial charge on any atom is -0.394 e. The first kappa shape index (κ1) is 19.2. The van der Waals surface area contributed by atoms with Gasteiger partial charge in [0.2, 0.25) is 0 Å². The predicted molar refractivity (Wildman–Crippen MR) is 103 cm³/mol. The Morgan fingerprint density at radius 2 is 2.07 bits per heavy atom. The van der Waals surface area contributed by atoms with Gasteiger partial charge in [0.15, 0.2) is 6.23 Å². The highest BCUT2D eigenvalue weighted by atomic mass is 32.1. The van der Waals surface area contributed by atoms with Gasteiger partial charge in [-0.3, -0.25) is 4.98 Å². The highest BCUT2D eigenvalue weighted by Crippen LogP contribution is 2.39. The highest BCUT2D eigenvalue weighted by molar-refractivity contribution is 7.71. The van der Waals surface area contributed by atoms with Crippen LogP contribution < -0.4 is 0 Å². The molecule has 0 amide bonds. The number of rotatable bonds is 3. The maximum absolute atomic E-state index is 10.5. The van der Waals surface area contributed by atoms with Crippen molar-refractivity contribution in [1.29, 1.82) is 5.26 Å². The van der Waals surface area contributed by atoms with E-state index < -0.39 is 31.1 Å². The number of hydrogen-bond donors (Lipinski definition) is 3. The van der Waals surface area contributed by atoms with Gasteiger partial charge in [0.25, 0.3) is 0 Å². The van der Waals surface area contributed by atoms with Crippen LogP contribution in [0.25, 0.3) is 11.1 Å². The number of aliphatic hydroxyl groups is 3. The van der Waals surface area contributed by atoms with Crippen molar-refractivity contribution in [3.63, 3.8) is 0 Å². The summed E-state index contributed by atoms with van der Waals surface area (Å²) in [4.78, 5) is 4.18. The molecule has 1 aliphatic carbocycles. The summed E-state index contributed by atoms with van der Waals surface area (Å²) >= 11 is 5.65. The summed E-state index contributed by atoms with van der Waals surface area (Å²) in [5.41, 5.74) is 3.86. The third-order valence-electron chi connectivity index (χ3n) is 5.55. The lowest BCUT2D eigenvalue weighted by Crippen LogP contribution is -2.34. The quantitative estimate of drug-likeness (QED) is 0.673. The van der Waals surface area contributed by atoms with Crippen molar-refractivity contribution in [1.82, 2.24) is 9.55 Å². The van der Waals surface area contributed by atoms with Gasteiger partial charge in [0.1, 0.15) is 29.0 Å². The van der Waals surface area contributed by atoms with E-state index in [1.54, 1.807) is 17.0 Å². The first-order chi connectivity index (χ1) is 13.6. The summed E-state index contributed by atoms with van der Waals surface area (Å²) in [6.07, 6.45) is 2.53. The summed E-state index contributed by atoms with van der Waals surface area (Å²) in [5, 5.41) is 40.1. The summed E-state index contributed by atoms with van der Waals surface area (Å²) in [6.45, 7) is -0.414. The average molecular weight is 399 g/mol. The van der Waals surface area contributed by atoms with Crippen LogP contribution in [0.4, 0.5) is 0 Å². The summed E-state index contributed by atoms with van der Waals surface area (Å²) in [7, 11) is 0. The van der Waals surface area contributed by atoms with E-state index in [-0.39, 0.29) is 4.64 Å². The molecule has 4 rings (SSSR count). The van der Waals surface area contributed by atoms with E-state index in [0.717, 1.165) is 48.1 Å². The van der Waals surface area contributed by atoms with E-state index in [1.807, 2.05) is 12.1 Å². The second-order valence-electron chi connectivity index (χ2n) is 7.14. The molecule has 28 heavy (non-hydrogen) atoms. The minimum absolute atomic E-state index is 0.261. The number of ether oxygens (including phenoxy) is 1. The van der Waals surface area contributed by atoms with Crippen molar-refractivity contribution in [2.24, 2.45) is 0 Å². The fourth-order valence-electron chi connectivity index (χ4n) is 4.22. The standard InChI is InChI=1S/C20H21N3O4S/c21-8-13-16(11-4-3-7-22-9-11)12-5-1-2-6-14(12)23(20(13)28)19-18(26)17(25)15(10-24)27-19/h3-4,7,9,15,17-19,24-26H,1-2,5-6,10H2/t15-,17-,18-,19?/m1/s1. The van der Waals surface area contributed by atoms with Crippen LogP contribution in [0.3, 0.4) is 0 Å². The number of fused-ring (bicyclic) bond motifs is 1. The molecule has 1 unspecified atom stereocenters. The molecule has 1 fully saturated rings. The van der Waals surface area contributed by atoms with Gasteiger partial charge in [-0.05, 0) is 37.3 Å². The van der Waals surface area contributed by atoms with Gasteiger partial charge in [-0.1, -0.05) is 18.3 Å². The van der Waals surface area contributed by atoms with Gasteiger partial charge >= 0.3 is 0 Å². The summed E-state index contributed by atoms with van der Waals surface area (Å²) in [6, 6.07) is 5.95. The van der Waals surface area contributed by atoms with E-state index in [9.17, 15) is 20.6 Å². The van der Waals surface area contributed by atoms with Gasteiger partial charge in [0.05, 0.1) is 12.2 Å². The van der Waals surface area contributed by atoms with E-state index in [2.05, 4.69) is 11.1 Å².